The normalized spacial score (nSPS) is 10.9. The molecule has 1 atom stereocenters. The summed E-state index contributed by atoms with van der Waals surface area (Å²) in [7, 11) is 0.258. The molecule has 0 aliphatic rings. The van der Waals surface area contributed by atoms with Crippen LogP contribution in [0.15, 0.2) is 41.4 Å². The molecule has 124 valence electrons. The van der Waals surface area contributed by atoms with Crippen LogP contribution >= 0.6 is 0 Å². The number of methoxy groups -OCH3 is 1. The van der Waals surface area contributed by atoms with Gasteiger partial charge in [0.25, 0.3) is 0 Å². The lowest BCUT2D eigenvalue weighted by molar-refractivity contribution is 0.0696. The number of nitrogens with two attached hydrogens (primary N) is 1. The molecule has 0 saturated carbocycles. The van der Waals surface area contributed by atoms with Crippen molar-refractivity contribution in [1.29, 1.82) is 0 Å². The second kappa shape index (κ2) is 8.69. The van der Waals surface area contributed by atoms with Crippen molar-refractivity contribution >= 4 is 28.3 Å². The van der Waals surface area contributed by atoms with Crippen LogP contribution in [-0.4, -0.2) is 34.6 Å². The van der Waals surface area contributed by atoms with E-state index in [4.69, 9.17) is 15.6 Å². The number of halogens is 1. The monoisotopic (exact) mass is 341 g/mol. The maximum Gasteiger partial charge on any atom is 0.335 e. The molecule has 23 heavy (non-hydrogen) atoms. The minimum absolute atomic E-state index is 0.0558. The Morgan fingerprint density at radius 1 is 1.39 bits per heavy atom. The van der Waals surface area contributed by atoms with Crippen LogP contribution in [-0.2, 0) is 11.0 Å². The molecule has 1 heterocycles. The van der Waals surface area contributed by atoms with Gasteiger partial charge >= 0.3 is 5.97 Å². The number of carboxylic acid groups (broad SMARTS) is 1. The second-order valence-electron chi connectivity index (χ2n) is 4.03. The van der Waals surface area contributed by atoms with Crippen LogP contribution in [0, 0.1) is 0 Å². The third-order valence-corrected chi connectivity index (χ3v) is 3.65. The lowest BCUT2D eigenvalue weighted by Gasteiger charge is -2.10. The molecule has 0 aliphatic carbocycles. The number of ether oxygens (including phenoxy) is 1. The average molecular weight is 341 g/mol. The van der Waals surface area contributed by atoms with Gasteiger partial charge in [0.15, 0.2) is 0 Å². The first kappa shape index (κ1) is 18.4. The number of nitrogen functional groups attached to an aromatic ring is 1. The third-order valence-electron chi connectivity index (χ3n) is 2.56. The number of carbonyl (C=O) groups is 1. The number of anilines is 2. The van der Waals surface area contributed by atoms with Crippen LogP contribution in [0.25, 0.3) is 0 Å². The Balaban J connectivity index is 0.00000127. The zero-order valence-corrected chi connectivity index (χ0v) is 13.3. The van der Waals surface area contributed by atoms with Gasteiger partial charge in [-0.05, 0) is 24.3 Å². The molecule has 7 nitrogen and oxygen atoms in total. The van der Waals surface area contributed by atoms with Crippen molar-refractivity contribution in [1.82, 2.24) is 4.98 Å². The van der Waals surface area contributed by atoms with E-state index in [9.17, 15) is 13.4 Å². The maximum atomic E-state index is 12.3. The van der Waals surface area contributed by atoms with Gasteiger partial charge in [-0.1, -0.05) is 6.07 Å². The number of rotatable bonds is 5. The SMILES string of the molecule is CF.COc1ncc(N)cc1NS(=O)c1cccc(C(=O)O)c1. The first-order valence-corrected chi connectivity index (χ1v) is 7.35. The van der Waals surface area contributed by atoms with E-state index < -0.39 is 17.0 Å². The first-order chi connectivity index (χ1) is 11.0. The van der Waals surface area contributed by atoms with Crippen LogP contribution in [0.2, 0.25) is 0 Å². The molecule has 1 aromatic carbocycles. The van der Waals surface area contributed by atoms with Gasteiger partial charge in [-0.15, -0.1) is 0 Å². The number of hydrogen-bond donors (Lipinski definition) is 3. The Morgan fingerprint density at radius 2 is 2.09 bits per heavy atom. The molecule has 9 heteroatoms. The molecule has 1 aromatic heterocycles. The molecule has 0 aliphatic heterocycles. The van der Waals surface area contributed by atoms with Gasteiger partial charge < -0.3 is 15.6 Å². The minimum atomic E-state index is -1.67. The lowest BCUT2D eigenvalue weighted by atomic mass is 10.2. The highest BCUT2D eigenvalue weighted by Gasteiger charge is 2.12. The summed E-state index contributed by atoms with van der Waals surface area (Å²) >= 11 is 0. The van der Waals surface area contributed by atoms with Crippen molar-refractivity contribution in [2.45, 2.75) is 4.90 Å². The highest BCUT2D eigenvalue weighted by molar-refractivity contribution is 7.86. The number of nitrogens with zero attached hydrogens (tertiary/aromatic N) is 1. The van der Waals surface area contributed by atoms with E-state index in [1.165, 1.54) is 37.6 Å². The third kappa shape index (κ3) is 4.92. The van der Waals surface area contributed by atoms with Crippen molar-refractivity contribution in [3.8, 4) is 5.88 Å². The number of hydrogen-bond acceptors (Lipinski definition) is 5. The fourth-order valence-electron chi connectivity index (χ4n) is 1.61. The Kier molecular flexibility index (Phi) is 6.94. The molecule has 0 radical (unpaired) electrons. The second-order valence-corrected chi connectivity index (χ2v) is 5.24. The zero-order valence-electron chi connectivity index (χ0n) is 12.4. The number of aromatic nitrogens is 1. The fraction of sp³-hybridized carbons (Fsp3) is 0.143. The number of alkyl halides is 1. The summed E-state index contributed by atoms with van der Waals surface area (Å²) in [6, 6.07) is 7.36. The van der Waals surface area contributed by atoms with E-state index in [1.54, 1.807) is 6.07 Å². The van der Waals surface area contributed by atoms with Crippen LogP contribution in [0.3, 0.4) is 0 Å². The molecule has 1 unspecified atom stereocenters. The molecule has 0 amide bonds. The number of benzene rings is 1. The molecule has 2 aromatic rings. The van der Waals surface area contributed by atoms with Gasteiger partial charge in [0, 0.05) is 0 Å². The van der Waals surface area contributed by atoms with Crippen LogP contribution in [0.5, 0.6) is 5.88 Å². The van der Waals surface area contributed by atoms with Gasteiger partial charge in [-0.25, -0.2) is 14.0 Å². The Bertz CT molecular complexity index is 712. The van der Waals surface area contributed by atoms with E-state index in [-0.39, 0.29) is 11.4 Å². The van der Waals surface area contributed by atoms with E-state index in [1.807, 2.05) is 0 Å². The summed E-state index contributed by atoms with van der Waals surface area (Å²) in [6.07, 6.45) is 1.41. The molecular formula is C14H16FN3O4S. The van der Waals surface area contributed by atoms with Crippen molar-refractivity contribution in [2.75, 3.05) is 24.7 Å². The van der Waals surface area contributed by atoms with Crippen molar-refractivity contribution in [3.05, 3.63) is 42.1 Å². The smallest absolute Gasteiger partial charge is 0.335 e. The van der Waals surface area contributed by atoms with E-state index in [2.05, 4.69) is 9.71 Å². The quantitative estimate of drug-likeness (QED) is 0.767. The number of aromatic carboxylic acids is 1. The summed E-state index contributed by atoms with van der Waals surface area (Å²) < 4.78 is 29.5. The average Bonchev–Trinajstić information content (AvgIpc) is 2.57. The highest BCUT2D eigenvalue weighted by atomic mass is 32.2. The number of carboxylic acids is 1. The Labute approximate surface area is 134 Å². The predicted molar refractivity (Wildman–Crippen MR) is 85.7 cm³/mol. The van der Waals surface area contributed by atoms with Gasteiger partial charge in [-0.3, -0.25) is 9.11 Å². The molecule has 0 bridgehead atoms. The standard InChI is InChI=1S/C13H13N3O4S.CH3F/c1-20-12-11(6-9(14)7-15-12)16-21(19)10-4-2-3-8(5-10)13(17)18;1-2/h2-7,16H,14H2,1H3,(H,17,18);1H3. The Hall–Kier alpha value is -2.68. The molecular weight excluding hydrogens is 325 g/mol. The number of nitrogens with one attached hydrogen (secondary N) is 1. The van der Waals surface area contributed by atoms with Crippen molar-refractivity contribution in [3.63, 3.8) is 0 Å². The van der Waals surface area contributed by atoms with Gasteiger partial charge in [0.05, 0.1) is 36.6 Å². The minimum Gasteiger partial charge on any atom is -0.479 e. The predicted octanol–water partition coefficient (Wildman–Crippen LogP) is 2.09. The van der Waals surface area contributed by atoms with Crippen molar-refractivity contribution < 1.29 is 23.2 Å². The lowest BCUT2D eigenvalue weighted by Crippen LogP contribution is -2.08. The maximum absolute atomic E-state index is 12.3. The molecule has 0 fully saturated rings. The molecule has 2 rings (SSSR count). The van der Waals surface area contributed by atoms with Crippen LogP contribution in [0.4, 0.5) is 15.8 Å². The van der Waals surface area contributed by atoms with E-state index >= 15 is 0 Å². The summed E-state index contributed by atoms with van der Waals surface area (Å²) in [6.45, 7) is 0. The molecule has 0 saturated heterocycles. The zero-order chi connectivity index (χ0) is 17.4. The Morgan fingerprint density at radius 3 is 2.70 bits per heavy atom. The highest BCUT2D eigenvalue weighted by Crippen LogP contribution is 2.25. The van der Waals surface area contributed by atoms with Crippen molar-refractivity contribution in [2.24, 2.45) is 0 Å². The van der Waals surface area contributed by atoms with E-state index in [0.29, 0.717) is 23.4 Å². The molecule has 4 N–H and O–H groups in total. The summed E-state index contributed by atoms with van der Waals surface area (Å²) in [5.74, 6) is -0.844. The van der Waals surface area contributed by atoms with E-state index in [0.717, 1.165) is 0 Å². The fourth-order valence-corrected chi connectivity index (χ4v) is 2.51. The first-order valence-electron chi connectivity index (χ1n) is 6.20. The van der Waals surface area contributed by atoms with Crippen LogP contribution < -0.4 is 15.2 Å². The molecule has 0 spiro atoms. The van der Waals surface area contributed by atoms with Crippen LogP contribution in [0.1, 0.15) is 10.4 Å². The van der Waals surface area contributed by atoms with Gasteiger partial charge in [0.2, 0.25) is 5.88 Å². The van der Waals surface area contributed by atoms with Gasteiger partial charge in [-0.2, -0.15) is 0 Å². The largest absolute Gasteiger partial charge is 0.479 e. The summed E-state index contributed by atoms with van der Waals surface area (Å²) in [4.78, 5) is 15.2. The van der Waals surface area contributed by atoms with Gasteiger partial charge in [0.1, 0.15) is 16.7 Å². The number of pyridine rings is 1. The topological polar surface area (TPSA) is 115 Å². The summed E-state index contributed by atoms with van der Waals surface area (Å²) in [5.41, 5.74) is 6.42. The summed E-state index contributed by atoms with van der Waals surface area (Å²) in [5, 5.41) is 8.93.